The molecule has 1 amide bonds. The standard InChI is InChI=1S/C18H20N4O2/c1-11(2)15-10-14(16-12(3)22-24-18(16)21-15)17(23)20-9-7-13-6-4-5-8-19-13/h4-6,8,10-11H,7,9H2,1-3H3,(H,20,23). The monoisotopic (exact) mass is 324 g/mol. The van der Waals surface area contributed by atoms with E-state index in [0.717, 1.165) is 11.4 Å². The molecule has 124 valence electrons. The molecule has 3 heterocycles. The Hall–Kier alpha value is -2.76. The number of hydrogen-bond acceptors (Lipinski definition) is 5. The zero-order chi connectivity index (χ0) is 17.1. The fraction of sp³-hybridized carbons (Fsp3) is 0.333. The molecule has 0 atom stereocenters. The molecule has 24 heavy (non-hydrogen) atoms. The molecule has 3 aromatic heterocycles. The number of aryl methyl sites for hydroxylation is 1. The number of pyridine rings is 2. The average molecular weight is 324 g/mol. The maximum absolute atomic E-state index is 12.6. The molecule has 0 aromatic carbocycles. The lowest BCUT2D eigenvalue weighted by Crippen LogP contribution is -2.26. The fourth-order valence-corrected chi connectivity index (χ4v) is 2.53. The van der Waals surface area contributed by atoms with Crippen LogP contribution in [-0.4, -0.2) is 27.6 Å². The van der Waals surface area contributed by atoms with E-state index >= 15 is 0 Å². The van der Waals surface area contributed by atoms with Gasteiger partial charge < -0.3 is 9.84 Å². The van der Waals surface area contributed by atoms with Crippen LogP contribution in [0.2, 0.25) is 0 Å². The van der Waals surface area contributed by atoms with Crippen LogP contribution in [0.5, 0.6) is 0 Å². The quantitative estimate of drug-likeness (QED) is 0.780. The van der Waals surface area contributed by atoms with E-state index < -0.39 is 0 Å². The van der Waals surface area contributed by atoms with Gasteiger partial charge in [-0.25, -0.2) is 4.98 Å². The molecular formula is C18H20N4O2. The summed E-state index contributed by atoms with van der Waals surface area (Å²) in [5, 5.41) is 7.56. The van der Waals surface area contributed by atoms with Crippen LogP contribution in [0.3, 0.4) is 0 Å². The zero-order valence-electron chi connectivity index (χ0n) is 14.0. The fourth-order valence-electron chi connectivity index (χ4n) is 2.53. The number of aromatic nitrogens is 3. The van der Waals surface area contributed by atoms with Crippen LogP contribution in [0.1, 0.15) is 47.2 Å². The van der Waals surface area contributed by atoms with Gasteiger partial charge in [-0.3, -0.25) is 9.78 Å². The second-order valence-corrected chi connectivity index (χ2v) is 6.02. The van der Waals surface area contributed by atoms with Crippen LogP contribution in [0.15, 0.2) is 35.0 Å². The van der Waals surface area contributed by atoms with Gasteiger partial charge in [-0.1, -0.05) is 25.1 Å². The Morgan fingerprint density at radius 3 is 2.88 bits per heavy atom. The van der Waals surface area contributed by atoms with Crippen molar-refractivity contribution >= 4 is 17.0 Å². The molecule has 3 aromatic rings. The summed E-state index contributed by atoms with van der Waals surface area (Å²) in [6.07, 6.45) is 2.43. The number of carbonyl (C=O) groups is 1. The van der Waals surface area contributed by atoms with Crippen molar-refractivity contribution in [2.75, 3.05) is 6.54 Å². The molecule has 1 N–H and O–H groups in total. The largest absolute Gasteiger partial charge is 0.352 e. The van der Waals surface area contributed by atoms with E-state index in [0.29, 0.717) is 35.3 Å². The Morgan fingerprint density at radius 1 is 1.33 bits per heavy atom. The maximum atomic E-state index is 12.6. The average Bonchev–Trinajstić information content (AvgIpc) is 2.96. The summed E-state index contributed by atoms with van der Waals surface area (Å²) in [7, 11) is 0. The van der Waals surface area contributed by atoms with Crippen molar-refractivity contribution < 1.29 is 9.32 Å². The highest BCUT2D eigenvalue weighted by atomic mass is 16.5. The van der Waals surface area contributed by atoms with E-state index in [4.69, 9.17) is 4.52 Å². The first kappa shape index (κ1) is 16.1. The summed E-state index contributed by atoms with van der Waals surface area (Å²) in [5.41, 5.74) is 3.40. The van der Waals surface area contributed by atoms with E-state index in [1.54, 1.807) is 6.20 Å². The topological polar surface area (TPSA) is 80.9 Å². The van der Waals surface area contributed by atoms with Crippen LogP contribution >= 0.6 is 0 Å². The van der Waals surface area contributed by atoms with E-state index in [2.05, 4.69) is 20.4 Å². The summed E-state index contributed by atoms with van der Waals surface area (Å²) in [5.74, 6) is 0.0476. The lowest BCUT2D eigenvalue weighted by molar-refractivity contribution is 0.0955. The van der Waals surface area contributed by atoms with Crippen LogP contribution in [0, 0.1) is 6.92 Å². The minimum absolute atomic E-state index is 0.147. The van der Waals surface area contributed by atoms with Crippen molar-refractivity contribution in [1.29, 1.82) is 0 Å². The van der Waals surface area contributed by atoms with Gasteiger partial charge in [0.2, 0.25) is 0 Å². The molecule has 0 saturated carbocycles. The van der Waals surface area contributed by atoms with Crippen molar-refractivity contribution in [3.63, 3.8) is 0 Å². The molecule has 0 spiro atoms. The summed E-state index contributed by atoms with van der Waals surface area (Å²) >= 11 is 0. The first-order chi connectivity index (χ1) is 11.6. The molecule has 0 bridgehead atoms. The molecule has 0 aliphatic rings. The van der Waals surface area contributed by atoms with E-state index in [1.165, 1.54) is 0 Å². The Morgan fingerprint density at radius 2 is 2.17 bits per heavy atom. The molecule has 0 unspecified atom stereocenters. The van der Waals surface area contributed by atoms with Crippen molar-refractivity contribution in [2.45, 2.75) is 33.1 Å². The molecule has 0 radical (unpaired) electrons. The number of hydrogen-bond donors (Lipinski definition) is 1. The summed E-state index contributed by atoms with van der Waals surface area (Å²) in [4.78, 5) is 21.3. The predicted molar refractivity (Wildman–Crippen MR) is 90.9 cm³/mol. The molecule has 0 aliphatic heterocycles. The molecule has 6 heteroatoms. The Kier molecular flexibility index (Phi) is 4.55. The summed E-state index contributed by atoms with van der Waals surface area (Å²) in [6, 6.07) is 7.58. The van der Waals surface area contributed by atoms with Gasteiger partial charge in [0.05, 0.1) is 16.6 Å². The molecule has 3 rings (SSSR count). The van der Waals surface area contributed by atoms with Gasteiger partial charge in [0.25, 0.3) is 11.6 Å². The van der Waals surface area contributed by atoms with E-state index in [-0.39, 0.29) is 11.8 Å². The normalized spacial score (nSPS) is 11.2. The molecule has 0 fully saturated rings. The smallest absolute Gasteiger partial charge is 0.259 e. The Bertz CT molecular complexity index is 856. The van der Waals surface area contributed by atoms with Crippen molar-refractivity contribution in [2.24, 2.45) is 0 Å². The number of carbonyl (C=O) groups excluding carboxylic acids is 1. The van der Waals surface area contributed by atoms with Gasteiger partial charge in [-0.2, -0.15) is 0 Å². The van der Waals surface area contributed by atoms with Gasteiger partial charge in [-0.05, 0) is 31.0 Å². The third-order valence-electron chi connectivity index (χ3n) is 3.87. The first-order valence-electron chi connectivity index (χ1n) is 8.01. The van der Waals surface area contributed by atoms with Crippen molar-refractivity contribution in [1.82, 2.24) is 20.4 Å². The number of amides is 1. The second-order valence-electron chi connectivity index (χ2n) is 6.02. The van der Waals surface area contributed by atoms with Crippen LogP contribution in [0.25, 0.3) is 11.1 Å². The second kappa shape index (κ2) is 6.78. The van der Waals surface area contributed by atoms with Gasteiger partial charge in [0.1, 0.15) is 0 Å². The summed E-state index contributed by atoms with van der Waals surface area (Å²) in [6.45, 7) is 6.38. The Labute approximate surface area is 140 Å². The lowest BCUT2D eigenvalue weighted by atomic mass is 10.0. The molecule has 0 aliphatic carbocycles. The maximum Gasteiger partial charge on any atom is 0.259 e. The molecule has 6 nitrogen and oxygen atoms in total. The van der Waals surface area contributed by atoms with E-state index in [1.807, 2.05) is 45.0 Å². The minimum atomic E-state index is -0.147. The molecular weight excluding hydrogens is 304 g/mol. The first-order valence-corrected chi connectivity index (χ1v) is 8.01. The van der Waals surface area contributed by atoms with Crippen LogP contribution < -0.4 is 5.32 Å². The zero-order valence-corrected chi connectivity index (χ0v) is 14.0. The van der Waals surface area contributed by atoms with Gasteiger partial charge in [0, 0.05) is 30.6 Å². The highest BCUT2D eigenvalue weighted by Crippen LogP contribution is 2.24. The Balaban J connectivity index is 1.82. The number of rotatable bonds is 5. The van der Waals surface area contributed by atoms with Gasteiger partial charge in [0.15, 0.2) is 0 Å². The minimum Gasteiger partial charge on any atom is -0.352 e. The predicted octanol–water partition coefficient (Wildman–Crippen LogP) is 3.02. The van der Waals surface area contributed by atoms with E-state index in [9.17, 15) is 4.79 Å². The van der Waals surface area contributed by atoms with Crippen molar-refractivity contribution in [3.05, 3.63) is 53.1 Å². The van der Waals surface area contributed by atoms with Crippen molar-refractivity contribution in [3.8, 4) is 0 Å². The lowest BCUT2D eigenvalue weighted by Gasteiger charge is -2.09. The molecule has 0 saturated heterocycles. The van der Waals surface area contributed by atoms with Crippen LogP contribution in [-0.2, 0) is 6.42 Å². The SMILES string of the molecule is Cc1noc2nc(C(C)C)cc(C(=O)NCCc3ccccn3)c12. The highest BCUT2D eigenvalue weighted by Gasteiger charge is 2.19. The number of nitrogens with zero attached hydrogens (tertiary/aromatic N) is 3. The third kappa shape index (κ3) is 3.27. The van der Waals surface area contributed by atoms with Gasteiger partial charge >= 0.3 is 0 Å². The van der Waals surface area contributed by atoms with Gasteiger partial charge in [-0.15, -0.1) is 0 Å². The third-order valence-corrected chi connectivity index (χ3v) is 3.87. The number of nitrogens with one attached hydrogen (secondary N) is 1. The highest BCUT2D eigenvalue weighted by molar-refractivity contribution is 6.06. The number of fused-ring (bicyclic) bond motifs is 1. The summed E-state index contributed by atoms with van der Waals surface area (Å²) < 4.78 is 5.25. The van der Waals surface area contributed by atoms with Crippen LogP contribution in [0.4, 0.5) is 0 Å².